The van der Waals surface area contributed by atoms with Gasteiger partial charge in [-0.2, -0.15) is 0 Å². The van der Waals surface area contributed by atoms with Gasteiger partial charge in [0.2, 0.25) is 0 Å². The highest BCUT2D eigenvalue weighted by molar-refractivity contribution is 6.74. The number of hydrogen-bond acceptors (Lipinski definition) is 4. The molecule has 1 saturated carbocycles. The van der Waals surface area contributed by atoms with Crippen LogP contribution in [0, 0.1) is 0 Å². The Hall–Kier alpha value is -1.50. The van der Waals surface area contributed by atoms with Gasteiger partial charge in [-0.15, -0.1) is 5.06 Å². The quantitative estimate of drug-likeness (QED) is 0.584. The Bertz CT molecular complexity index is 669. The molecule has 1 heterocycles. The van der Waals surface area contributed by atoms with Gasteiger partial charge in [-0.05, 0) is 49.5 Å². The molecule has 0 saturated heterocycles. The number of benzene rings is 1. The minimum atomic E-state index is -1.95. The first-order chi connectivity index (χ1) is 11.6. The standard InChI is InChI=1S/C19H27NO4Si/c1-18(2,3)25(4,5)24-19(11-8-12-19)13-23-20-16(21)14-9-6-7-10-15(14)17(20)22/h6-7,9-10H,8,11-13H2,1-5H3. The van der Waals surface area contributed by atoms with Gasteiger partial charge in [0.15, 0.2) is 8.32 Å². The van der Waals surface area contributed by atoms with Crippen LogP contribution < -0.4 is 0 Å². The molecule has 6 heteroatoms. The summed E-state index contributed by atoms with van der Waals surface area (Å²) < 4.78 is 6.60. The van der Waals surface area contributed by atoms with E-state index in [2.05, 4.69) is 33.9 Å². The van der Waals surface area contributed by atoms with Crippen LogP contribution in [0.25, 0.3) is 0 Å². The number of hydroxylamine groups is 2. The Morgan fingerprint density at radius 2 is 1.60 bits per heavy atom. The van der Waals surface area contributed by atoms with Crippen molar-refractivity contribution >= 4 is 20.1 Å². The van der Waals surface area contributed by atoms with E-state index in [0.29, 0.717) is 11.1 Å². The second-order valence-electron chi connectivity index (χ2n) is 8.62. The molecular weight excluding hydrogens is 334 g/mol. The van der Waals surface area contributed by atoms with Crippen LogP contribution in [-0.4, -0.2) is 37.4 Å². The summed E-state index contributed by atoms with van der Waals surface area (Å²) >= 11 is 0. The number of carbonyl (C=O) groups is 2. The third kappa shape index (κ3) is 3.18. The third-order valence-corrected chi connectivity index (χ3v) is 10.3. The van der Waals surface area contributed by atoms with Crippen LogP contribution in [0.5, 0.6) is 0 Å². The van der Waals surface area contributed by atoms with Gasteiger partial charge in [-0.1, -0.05) is 32.9 Å². The van der Waals surface area contributed by atoms with Crippen LogP contribution in [0.15, 0.2) is 24.3 Å². The van der Waals surface area contributed by atoms with Crippen molar-refractivity contribution in [3.05, 3.63) is 35.4 Å². The topological polar surface area (TPSA) is 55.8 Å². The van der Waals surface area contributed by atoms with Gasteiger partial charge in [0.1, 0.15) is 6.61 Å². The average Bonchev–Trinajstić information content (AvgIpc) is 2.73. The fourth-order valence-corrected chi connectivity index (χ4v) is 4.66. The zero-order valence-corrected chi connectivity index (χ0v) is 16.7. The summed E-state index contributed by atoms with van der Waals surface area (Å²) in [6.07, 6.45) is 2.89. The molecule has 1 fully saturated rings. The molecule has 0 spiro atoms. The molecule has 0 unspecified atom stereocenters. The number of carbonyl (C=O) groups excluding carboxylic acids is 2. The summed E-state index contributed by atoms with van der Waals surface area (Å²) in [5.74, 6) is -0.773. The fourth-order valence-electron chi connectivity index (χ4n) is 3.01. The first-order valence-corrected chi connectivity index (χ1v) is 11.8. The van der Waals surface area contributed by atoms with Crippen molar-refractivity contribution in [2.24, 2.45) is 0 Å². The average molecular weight is 362 g/mol. The molecular formula is C19H27NO4Si. The van der Waals surface area contributed by atoms with E-state index in [9.17, 15) is 9.59 Å². The van der Waals surface area contributed by atoms with E-state index in [1.54, 1.807) is 24.3 Å². The molecule has 1 aliphatic carbocycles. The highest BCUT2D eigenvalue weighted by Gasteiger charge is 2.49. The maximum absolute atomic E-state index is 12.4. The van der Waals surface area contributed by atoms with E-state index in [1.807, 2.05) is 0 Å². The Kier molecular flexibility index (Phi) is 4.42. The van der Waals surface area contributed by atoms with Crippen LogP contribution >= 0.6 is 0 Å². The SMILES string of the molecule is CC(C)(C)[Si](C)(C)OC1(CON2C(=O)c3ccccc3C2=O)CCC1. The second kappa shape index (κ2) is 6.04. The molecule has 1 aliphatic heterocycles. The molecule has 0 radical (unpaired) electrons. The largest absolute Gasteiger partial charge is 0.409 e. The molecule has 0 atom stereocenters. The molecule has 1 aromatic carbocycles. The number of imide groups is 1. The molecule has 0 aromatic heterocycles. The molecule has 2 amide bonds. The minimum Gasteiger partial charge on any atom is -0.409 e. The zero-order chi connectivity index (χ0) is 18.5. The van der Waals surface area contributed by atoms with Crippen molar-refractivity contribution < 1.29 is 18.9 Å². The molecule has 136 valence electrons. The number of amides is 2. The van der Waals surface area contributed by atoms with Crippen molar-refractivity contribution in [2.45, 2.75) is 63.8 Å². The van der Waals surface area contributed by atoms with Crippen molar-refractivity contribution in [1.82, 2.24) is 5.06 Å². The van der Waals surface area contributed by atoms with Crippen LogP contribution in [-0.2, 0) is 9.26 Å². The molecule has 1 aromatic rings. The van der Waals surface area contributed by atoms with E-state index in [-0.39, 0.29) is 29.1 Å². The van der Waals surface area contributed by atoms with Gasteiger partial charge in [0.05, 0.1) is 16.7 Å². The lowest BCUT2D eigenvalue weighted by Gasteiger charge is -2.50. The smallest absolute Gasteiger partial charge is 0.285 e. The lowest BCUT2D eigenvalue weighted by molar-refractivity contribution is -0.162. The summed E-state index contributed by atoms with van der Waals surface area (Å²) in [5, 5.41) is 1.00. The summed E-state index contributed by atoms with van der Waals surface area (Å²) in [5.41, 5.74) is 0.430. The van der Waals surface area contributed by atoms with Crippen LogP contribution in [0.2, 0.25) is 18.1 Å². The Balaban J connectivity index is 1.71. The minimum absolute atomic E-state index is 0.102. The van der Waals surface area contributed by atoms with Gasteiger partial charge in [-0.3, -0.25) is 14.4 Å². The molecule has 5 nitrogen and oxygen atoms in total. The third-order valence-electron chi connectivity index (χ3n) is 5.76. The first kappa shape index (κ1) is 18.3. The predicted molar refractivity (Wildman–Crippen MR) is 97.8 cm³/mol. The lowest BCUT2D eigenvalue weighted by Crippen LogP contribution is -2.56. The zero-order valence-electron chi connectivity index (χ0n) is 15.7. The van der Waals surface area contributed by atoms with Gasteiger partial charge in [-0.25, -0.2) is 0 Å². The van der Waals surface area contributed by atoms with Crippen LogP contribution in [0.4, 0.5) is 0 Å². The van der Waals surface area contributed by atoms with Gasteiger partial charge < -0.3 is 4.43 Å². The Morgan fingerprint density at radius 3 is 2.00 bits per heavy atom. The fraction of sp³-hybridized carbons (Fsp3) is 0.579. The van der Waals surface area contributed by atoms with Gasteiger partial charge >= 0.3 is 0 Å². The molecule has 0 N–H and O–H groups in total. The van der Waals surface area contributed by atoms with Crippen molar-refractivity contribution in [3.63, 3.8) is 0 Å². The van der Waals surface area contributed by atoms with Crippen molar-refractivity contribution in [2.75, 3.05) is 6.61 Å². The van der Waals surface area contributed by atoms with E-state index in [4.69, 9.17) is 9.26 Å². The van der Waals surface area contributed by atoms with Crippen LogP contribution in [0.1, 0.15) is 60.7 Å². The van der Waals surface area contributed by atoms with E-state index in [0.717, 1.165) is 24.3 Å². The number of hydrogen-bond donors (Lipinski definition) is 0. The molecule has 0 bridgehead atoms. The summed E-state index contributed by atoms with van der Waals surface area (Å²) in [4.78, 5) is 30.6. The highest BCUT2D eigenvalue weighted by Crippen LogP contribution is 2.45. The van der Waals surface area contributed by atoms with Gasteiger partial charge in [0, 0.05) is 0 Å². The monoisotopic (exact) mass is 361 g/mol. The lowest BCUT2D eigenvalue weighted by atomic mass is 9.81. The maximum atomic E-state index is 12.4. The molecule has 3 rings (SSSR count). The Labute approximate surface area is 150 Å². The summed E-state index contributed by atoms with van der Waals surface area (Å²) in [7, 11) is -1.95. The second-order valence-corrected chi connectivity index (χ2v) is 13.3. The van der Waals surface area contributed by atoms with Crippen molar-refractivity contribution in [1.29, 1.82) is 0 Å². The van der Waals surface area contributed by atoms with E-state index >= 15 is 0 Å². The van der Waals surface area contributed by atoms with E-state index in [1.165, 1.54) is 0 Å². The number of fused-ring (bicyclic) bond motifs is 1. The summed E-state index contributed by atoms with van der Waals surface area (Å²) in [6, 6.07) is 6.82. The van der Waals surface area contributed by atoms with E-state index < -0.39 is 8.32 Å². The number of rotatable bonds is 5. The maximum Gasteiger partial charge on any atom is 0.285 e. The normalized spacial score (nSPS) is 19.8. The van der Waals surface area contributed by atoms with Crippen LogP contribution in [0.3, 0.4) is 0 Å². The first-order valence-electron chi connectivity index (χ1n) is 8.87. The Morgan fingerprint density at radius 1 is 1.08 bits per heavy atom. The highest BCUT2D eigenvalue weighted by atomic mass is 28.4. The number of nitrogens with zero attached hydrogens (tertiary/aromatic N) is 1. The van der Waals surface area contributed by atoms with Gasteiger partial charge in [0.25, 0.3) is 11.8 Å². The van der Waals surface area contributed by atoms with Crippen molar-refractivity contribution in [3.8, 4) is 0 Å². The predicted octanol–water partition coefficient (Wildman–Crippen LogP) is 4.16. The molecule has 25 heavy (non-hydrogen) atoms. The molecule has 2 aliphatic rings. The summed E-state index contributed by atoms with van der Waals surface area (Å²) in [6.45, 7) is 11.3.